The fourth-order valence-corrected chi connectivity index (χ4v) is 3.63. The van der Waals surface area contributed by atoms with Crippen LogP contribution in [0.15, 0.2) is 53.0 Å². The Morgan fingerprint density at radius 3 is 2.42 bits per heavy atom. The number of nitrogens with zero attached hydrogens (tertiary/aromatic N) is 1. The molecule has 2 aromatic carbocycles. The molecule has 0 bridgehead atoms. The third-order valence-corrected chi connectivity index (χ3v) is 6.12. The number of aryl methyl sites for hydroxylation is 1. The van der Waals surface area contributed by atoms with Gasteiger partial charge in [-0.25, -0.2) is 8.42 Å². The number of rotatable bonds is 7. The van der Waals surface area contributed by atoms with Gasteiger partial charge in [-0.15, -0.1) is 0 Å². The van der Waals surface area contributed by atoms with Gasteiger partial charge in [-0.2, -0.15) is 0 Å². The summed E-state index contributed by atoms with van der Waals surface area (Å²) < 4.78 is 26.3. The van der Waals surface area contributed by atoms with Gasteiger partial charge < -0.3 is 5.32 Å². The van der Waals surface area contributed by atoms with Crippen LogP contribution in [0.5, 0.6) is 0 Å². The molecule has 0 aliphatic rings. The number of amides is 1. The number of hydrogen-bond acceptors (Lipinski definition) is 3. The SMILES string of the molecule is Cc1cc(N(CC(=O)NC[C@H](C)c2ccccc2)S(C)(=O)=O)ccc1Br. The van der Waals surface area contributed by atoms with E-state index in [-0.39, 0.29) is 18.4 Å². The molecule has 26 heavy (non-hydrogen) atoms. The average Bonchev–Trinajstić information content (AvgIpc) is 2.60. The van der Waals surface area contributed by atoms with E-state index in [9.17, 15) is 13.2 Å². The normalized spacial score (nSPS) is 12.5. The van der Waals surface area contributed by atoms with Crippen molar-refractivity contribution in [3.8, 4) is 0 Å². The Morgan fingerprint density at radius 1 is 1.19 bits per heavy atom. The zero-order valence-corrected chi connectivity index (χ0v) is 17.5. The van der Waals surface area contributed by atoms with Gasteiger partial charge >= 0.3 is 0 Å². The number of carbonyl (C=O) groups excluding carboxylic acids is 1. The van der Waals surface area contributed by atoms with E-state index in [0.29, 0.717) is 12.2 Å². The molecule has 0 radical (unpaired) electrons. The third-order valence-electron chi connectivity index (χ3n) is 4.09. The molecule has 1 amide bonds. The van der Waals surface area contributed by atoms with Gasteiger partial charge in [0.15, 0.2) is 0 Å². The number of halogens is 1. The summed E-state index contributed by atoms with van der Waals surface area (Å²) in [5, 5.41) is 2.82. The van der Waals surface area contributed by atoms with Crippen molar-refractivity contribution in [3.05, 3.63) is 64.1 Å². The first-order valence-corrected chi connectivity index (χ1v) is 10.9. The Hall–Kier alpha value is -1.86. The summed E-state index contributed by atoms with van der Waals surface area (Å²) in [6.45, 7) is 4.08. The molecule has 0 saturated heterocycles. The molecule has 1 atom stereocenters. The average molecular weight is 439 g/mol. The maximum absolute atomic E-state index is 12.3. The maximum atomic E-state index is 12.3. The van der Waals surface area contributed by atoms with E-state index in [1.54, 1.807) is 18.2 Å². The molecule has 0 aliphatic heterocycles. The van der Waals surface area contributed by atoms with Crippen molar-refractivity contribution in [3.63, 3.8) is 0 Å². The standard InChI is InChI=1S/C19H23BrN2O3S/c1-14-11-17(9-10-18(14)20)22(26(3,24)25)13-19(23)21-12-15(2)16-7-5-4-6-8-16/h4-11,15H,12-13H2,1-3H3,(H,21,23)/t15-/m0/s1. The molecule has 5 nitrogen and oxygen atoms in total. The van der Waals surface area contributed by atoms with Crippen molar-refractivity contribution < 1.29 is 13.2 Å². The first kappa shape index (κ1) is 20.5. The molecule has 7 heteroatoms. The number of nitrogens with one attached hydrogen (secondary N) is 1. The quantitative estimate of drug-likeness (QED) is 0.719. The molecule has 1 N–H and O–H groups in total. The minimum atomic E-state index is -3.58. The summed E-state index contributed by atoms with van der Waals surface area (Å²) in [6.07, 6.45) is 1.10. The maximum Gasteiger partial charge on any atom is 0.240 e. The fourth-order valence-electron chi connectivity index (χ4n) is 2.54. The molecule has 2 rings (SSSR count). The van der Waals surface area contributed by atoms with Crippen LogP contribution in [-0.2, 0) is 14.8 Å². The summed E-state index contributed by atoms with van der Waals surface area (Å²) in [7, 11) is -3.58. The van der Waals surface area contributed by atoms with Crippen LogP contribution in [0, 0.1) is 6.92 Å². The van der Waals surface area contributed by atoms with Crippen LogP contribution in [0.1, 0.15) is 24.0 Å². The second-order valence-electron chi connectivity index (χ2n) is 6.32. The second kappa shape index (κ2) is 8.68. The van der Waals surface area contributed by atoms with Crippen molar-refractivity contribution in [2.24, 2.45) is 0 Å². The molecule has 2 aromatic rings. The van der Waals surface area contributed by atoms with Gasteiger partial charge in [0, 0.05) is 11.0 Å². The lowest BCUT2D eigenvalue weighted by molar-refractivity contribution is -0.119. The van der Waals surface area contributed by atoms with Crippen molar-refractivity contribution in [1.82, 2.24) is 5.32 Å². The molecule has 0 fully saturated rings. The zero-order valence-electron chi connectivity index (χ0n) is 15.1. The van der Waals surface area contributed by atoms with Gasteiger partial charge in [0.1, 0.15) is 6.54 Å². The van der Waals surface area contributed by atoms with Gasteiger partial charge in [-0.1, -0.05) is 53.2 Å². The lowest BCUT2D eigenvalue weighted by Gasteiger charge is -2.23. The lowest BCUT2D eigenvalue weighted by Crippen LogP contribution is -2.41. The summed E-state index contributed by atoms with van der Waals surface area (Å²) >= 11 is 3.40. The lowest BCUT2D eigenvalue weighted by atomic mass is 10.0. The number of hydrogen-bond donors (Lipinski definition) is 1. The van der Waals surface area contributed by atoms with Crippen LogP contribution in [0.4, 0.5) is 5.69 Å². The topological polar surface area (TPSA) is 66.5 Å². The van der Waals surface area contributed by atoms with Crippen LogP contribution in [0.3, 0.4) is 0 Å². The van der Waals surface area contributed by atoms with E-state index in [4.69, 9.17) is 0 Å². The van der Waals surface area contributed by atoms with E-state index in [1.165, 1.54) is 0 Å². The number of carbonyl (C=O) groups is 1. The minimum absolute atomic E-state index is 0.141. The molecule has 0 heterocycles. The molecule has 0 spiro atoms. The Labute approximate surface area is 163 Å². The van der Waals surface area contributed by atoms with E-state index < -0.39 is 10.0 Å². The van der Waals surface area contributed by atoms with Crippen molar-refractivity contribution in [2.45, 2.75) is 19.8 Å². The van der Waals surface area contributed by atoms with Crippen molar-refractivity contribution >= 4 is 37.5 Å². The van der Waals surface area contributed by atoms with Gasteiger partial charge in [0.05, 0.1) is 11.9 Å². The van der Waals surface area contributed by atoms with Crippen LogP contribution >= 0.6 is 15.9 Å². The number of benzene rings is 2. The highest BCUT2D eigenvalue weighted by molar-refractivity contribution is 9.10. The Bertz CT molecular complexity index is 870. The highest BCUT2D eigenvalue weighted by atomic mass is 79.9. The molecule has 0 aliphatic carbocycles. The van der Waals surface area contributed by atoms with E-state index in [1.807, 2.05) is 44.2 Å². The zero-order chi connectivity index (χ0) is 19.3. The largest absolute Gasteiger partial charge is 0.354 e. The van der Waals surface area contributed by atoms with Crippen molar-refractivity contribution in [1.29, 1.82) is 0 Å². The first-order chi connectivity index (χ1) is 12.2. The van der Waals surface area contributed by atoms with E-state index in [0.717, 1.165) is 26.2 Å². The number of anilines is 1. The van der Waals surface area contributed by atoms with Gasteiger partial charge in [0.2, 0.25) is 15.9 Å². The van der Waals surface area contributed by atoms with Crippen LogP contribution < -0.4 is 9.62 Å². The van der Waals surface area contributed by atoms with Crippen LogP contribution in [0.2, 0.25) is 0 Å². The smallest absolute Gasteiger partial charge is 0.240 e. The highest BCUT2D eigenvalue weighted by Crippen LogP contribution is 2.24. The summed E-state index contributed by atoms with van der Waals surface area (Å²) in [5.74, 6) is -0.194. The molecule has 0 unspecified atom stereocenters. The number of sulfonamides is 1. The van der Waals surface area contributed by atoms with Crippen LogP contribution in [-0.4, -0.2) is 33.7 Å². The Morgan fingerprint density at radius 2 is 1.85 bits per heavy atom. The van der Waals surface area contributed by atoms with E-state index >= 15 is 0 Å². The highest BCUT2D eigenvalue weighted by Gasteiger charge is 2.21. The van der Waals surface area contributed by atoms with Crippen LogP contribution in [0.25, 0.3) is 0 Å². The Balaban J connectivity index is 2.06. The summed E-state index contributed by atoms with van der Waals surface area (Å²) in [6, 6.07) is 15.1. The molecule has 0 saturated carbocycles. The summed E-state index contributed by atoms with van der Waals surface area (Å²) in [5.41, 5.74) is 2.49. The predicted octanol–water partition coefficient (Wildman–Crippen LogP) is 3.44. The molecule has 0 aromatic heterocycles. The summed E-state index contributed by atoms with van der Waals surface area (Å²) in [4.78, 5) is 12.3. The van der Waals surface area contributed by atoms with Gasteiger partial charge in [-0.05, 0) is 42.2 Å². The molecular formula is C19H23BrN2O3S. The van der Waals surface area contributed by atoms with E-state index in [2.05, 4.69) is 21.2 Å². The first-order valence-electron chi connectivity index (χ1n) is 8.24. The van der Waals surface area contributed by atoms with Gasteiger partial charge in [0.25, 0.3) is 0 Å². The molecule has 140 valence electrons. The second-order valence-corrected chi connectivity index (χ2v) is 9.08. The van der Waals surface area contributed by atoms with Crippen molar-refractivity contribution in [2.75, 3.05) is 23.7 Å². The Kier molecular flexibility index (Phi) is 6.83. The minimum Gasteiger partial charge on any atom is -0.354 e. The molecular weight excluding hydrogens is 416 g/mol. The fraction of sp³-hybridized carbons (Fsp3) is 0.316. The van der Waals surface area contributed by atoms with Gasteiger partial charge in [-0.3, -0.25) is 9.10 Å². The third kappa shape index (κ3) is 5.57. The monoisotopic (exact) mass is 438 g/mol. The predicted molar refractivity (Wildman–Crippen MR) is 109 cm³/mol.